The highest BCUT2D eigenvalue weighted by atomic mass is 16.2. The summed E-state index contributed by atoms with van der Waals surface area (Å²) in [5, 5.41) is 10.9. The molecule has 4 N–H and O–H groups in total. The molecule has 1 aromatic rings. The van der Waals surface area contributed by atoms with Crippen LogP contribution in [0.4, 0.5) is 10.5 Å². The summed E-state index contributed by atoms with van der Waals surface area (Å²) in [6, 6.07) is 5.96. The zero-order valence-electron chi connectivity index (χ0n) is 15.5. The number of amides is 4. The molecule has 0 aliphatic carbocycles. The molecule has 25 heavy (non-hydrogen) atoms. The maximum Gasteiger partial charge on any atom is 0.315 e. The minimum absolute atomic E-state index is 0.0650. The Morgan fingerprint density at radius 3 is 2.32 bits per heavy atom. The first kappa shape index (κ1) is 20.5. The Labute approximate surface area is 148 Å². The summed E-state index contributed by atoms with van der Waals surface area (Å²) < 4.78 is 0. The first-order valence-corrected chi connectivity index (χ1v) is 8.47. The number of nitrogens with one attached hydrogen (secondary N) is 4. The van der Waals surface area contributed by atoms with Crippen molar-refractivity contribution in [2.45, 2.75) is 59.2 Å². The molecule has 3 atom stereocenters. The molecule has 138 valence electrons. The molecule has 4 amide bonds. The molecule has 0 aliphatic rings. The normalized spacial score (nSPS) is 14.0. The fraction of sp³-hybridized carbons (Fsp3) is 0.500. The molecule has 0 saturated heterocycles. The number of hydrogen-bond donors (Lipinski definition) is 4. The van der Waals surface area contributed by atoms with E-state index in [0.29, 0.717) is 5.69 Å². The van der Waals surface area contributed by atoms with Crippen LogP contribution in [0.3, 0.4) is 0 Å². The fourth-order valence-electron chi connectivity index (χ4n) is 2.14. The molecule has 0 saturated carbocycles. The third-order valence-electron chi connectivity index (χ3n) is 3.80. The Kier molecular flexibility index (Phi) is 7.91. The van der Waals surface area contributed by atoms with Crippen molar-refractivity contribution in [2.75, 3.05) is 5.32 Å². The van der Waals surface area contributed by atoms with Gasteiger partial charge in [-0.1, -0.05) is 19.1 Å². The average Bonchev–Trinajstić information content (AvgIpc) is 2.53. The van der Waals surface area contributed by atoms with Crippen molar-refractivity contribution in [1.82, 2.24) is 16.0 Å². The van der Waals surface area contributed by atoms with E-state index in [4.69, 9.17) is 0 Å². The van der Waals surface area contributed by atoms with Crippen LogP contribution in [-0.2, 0) is 9.59 Å². The Balaban J connectivity index is 2.58. The highest BCUT2D eigenvalue weighted by Gasteiger charge is 2.18. The molecule has 0 bridgehead atoms. The van der Waals surface area contributed by atoms with Crippen LogP contribution >= 0.6 is 0 Å². The van der Waals surface area contributed by atoms with E-state index in [-0.39, 0.29) is 23.9 Å². The lowest BCUT2D eigenvalue weighted by molar-refractivity contribution is -0.123. The lowest BCUT2D eigenvalue weighted by Crippen LogP contribution is -2.50. The Morgan fingerprint density at radius 1 is 1.04 bits per heavy atom. The number of carbonyl (C=O) groups is 3. The molecule has 0 heterocycles. The summed E-state index contributed by atoms with van der Waals surface area (Å²) in [6.07, 6.45) is 0.826. The molecule has 0 aromatic heterocycles. The number of hydrogen-bond acceptors (Lipinski definition) is 3. The fourth-order valence-corrected chi connectivity index (χ4v) is 2.14. The van der Waals surface area contributed by atoms with E-state index in [9.17, 15) is 14.4 Å². The monoisotopic (exact) mass is 348 g/mol. The van der Waals surface area contributed by atoms with Crippen molar-refractivity contribution in [3.63, 3.8) is 0 Å². The summed E-state index contributed by atoms with van der Waals surface area (Å²) >= 11 is 0. The molecule has 1 rings (SSSR count). The van der Waals surface area contributed by atoms with Crippen LogP contribution < -0.4 is 21.3 Å². The second-order valence-corrected chi connectivity index (χ2v) is 6.19. The van der Waals surface area contributed by atoms with Gasteiger partial charge in [0.2, 0.25) is 11.8 Å². The van der Waals surface area contributed by atoms with Crippen LogP contribution in [-0.4, -0.2) is 29.9 Å². The van der Waals surface area contributed by atoms with E-state index in [2.05, 4.69) is 21.3 Å². The predicted octanol–water partition coefficient (Wildman–Crippen LogP) is 2.31. The van der Waals surface area contributed by atoms with E-state index in [0.717, 1.165) is 12.0 Å². The molecule has 0 fully saturated rings. The van der Waals surface area contributed by atoms with Crippen LogP contribution in [0, 0.1) is 0 Å². The third-order valence-corrected chi connectivity index (χ3v) is 3.80. The summed E-state index contributed by atoms with van der Waals surface area (Å²) in [4.78, 5) is 35.2. The summed E-state index contributed by atoms with van der Waals surface area (Å²) in [5.41, 5.74) is 1.51. The summed E-state index contributed by atoms with van der Waals surface area (Å²) in [5.74, 6) is -0.374. The lowest BCUT2D eigenvalue weighted by Gasteiger charge is -2.20. The van der Waals surface area contributed by atoms with Gasteiger partial charge in [0, 0.05) is 18.7 Å². The van der Waals surface area contributed by atoms with Crippen molar-refractivity contribution in [1.29, 1.82) is 0 Å². The summed E-state index contributed by atoms with van der Waals surface area (Å²) in [6.45, 7) is 8.80. The molecule has 0 spiro atoms. The first-order chi connectivity index (χ1) is 11.7. The highest BCUT2D eigenvalue weighted by Crippen LogP contribution is 2.17. The second-order valence-electron chi connectivity index (χ2n) is 6.19. The Hall–Kier alpha value is -2.57. The lowest BCUT2D eigenvalue weighted by atomic mass is 10.1. The van der Waals surface area contributed by atoms with Crippen LogP contribution in [0.15, 0.2) is 24.3 Å². The molecule has 0 radical (unpaired) electrons. The quantitative estimate of drug-likeness (QED) is 0.608. The molecule has 7 heteroatoms. The van der Waals surface area contributed by atoms with Gasteiger partial charge >= 0.3 is 6.03 Å². The van der Waals surface area contributed by atoms with Gasteiger partial charge in [0.25, 0.3) is 0 Å². The van der Waals surface area contributed by atoms with Crippen molar-refractivity contribution in [3.8, 4) is 0 Å². The number of anilines is 1. The number of carbonyl (C=O) groups excluding carboxylic acids is 3. The van der Waals surface area contributed by atoms with Gasteiger partial charge < -0.3 is 21.3 Å². The molecule has 7 nitrogen and oxygen atoms in total. The molecular formula is C18H28N4O3. The molecular weight excluding hydrogens is 320 g/mol. The standard InChI is InChI=1S/C18H28N4O3/c1-6-11(2)19-17(24)13(4)21-18(25)20-12(3)15-8-7-9-16(10-15)22-14(5)23/h7-13H,6H2,1-5H3,(H,19,24)(H,22,23)(H2,20,21,25)/t11-,12+,13+/m0/s1. The predicted molar refractivity (Wildman–Crippen MR) is 98.2 cm³/mol. The van der Waals surface area contributed by atoms with Crippen molar-refractivity contribution in [3.05, 3.63) is 29.8 Å². The van der Waals surface area contributed by atoms with Crippen LogP contribution in [0.5, 0.6) is 0 Å². The van der Waals surface area contributed by atoms with Crippen LogP contribution in [0.25, 0.3) is 0 Å². The zero-order chi connectivity index (χ0) is 19.0. The summed E-state index contributed by atoms with van der Waals surface area (Å²) in [7, 11) is 0. The van der Waals surface area contributed by atoms with Crippen molar-refractivity contribution >= 4 is 23.5 Å². The number of urea groups is 1. The first-order valence-electron chi connectivity index (χ1n) is 8.47. The van der Waals surface area contributed by atoms with Gasteiger partial charge in [-0.15, -0.1) is 0 Å². The van der Waals surface area contributed by atoms with Crippen LogP contribution in [0.2, 0.25) is 0 Å². The van der Waals surface area contributed by atoms with E-state index in [1.165, 1.54) is 6.92 Å². The van der Waals surface area contributed by atoms with Crippen LogP contribution in [0.1, 0.15) is 52.6 Å². The SMILES string of the molecule is CC[C@H](C)NC(=O)[C@@H](C)NC(=O)N[C@H](C)c1cccc(NC(C)=O)c1. The van der Waals surface area contributed by atoms with Gasteiger partial charge in [-0.3, -0.25) is 9.59 Å². The van der Waals surface area contributed by atoms with Gasteiger partial charge in [0.15, 0.2) is 0 Å². The van der Waals surface area contributed by atoms with Crippen molar-refractivity contribution < 1.29 is 14.4 Å². The number of benzene rings is 1. The highest BCUT2D eigenvalue weighted by molar-refractivity contribution is 5.89. The van der Waals surface area contributed by atoms with E-state index >= 15 is 0 Å². The average molecular weight is 348 g/mol. The van der Waals surface area contributed by atoms with Crippen molar-refractivity contribution in [2.24, 2.45) is 0 Å². The van der Waals surface area contributed by atoms with E-state index in [1.54, 1.807) is 25.1 Å². The Morgan fingerprint density at radius 2 is 1.72 bits per heavy atom. The molecule has 0 unspecified atom stereocenters. The zero-order valence-corrected chi connectivity index (χ0v) is 15.5. The van der Waals surface area contributed by atoms with Gasteiger partial charge in [-0.05, 0) is 44.9 Å². The minimum atomic E-state index is -0.632. The smallest absolute Gasteiger partial charge is 0.315 e. The van der Waals surface area contributed by atoms with E-state index in [1.807, 2.05) is 26.8 Å². The topological polar surface area (TPSA) is 99.3 Å². The largest absolute Gasteiger partial charge is 0.352 e. The second kappa shape index (κ2) is 9.66. The molecule has 0 aliphatic heterocycles. The molecule has 1 aromatic carbocycles. The third kappa shape index (κ3) is 7.24. The maximum absolute atomic E-state index is 12.1. The van der Waals surface area contributed by atoms with Gasteiger partial charge in [0.1, 0.15) is 6.04 Å². The maximum atomic E-state index is 12.1. The van der Waals surface area contributed by atoms with Gasteiger partial charge in [-0.2, -0.15) is 0 Å². The van der Waals surface area contributed by atoms with E-state index < -0.39 is 12.1 Å². The van der Waals surface area contributed by atoms with Gasteiger partial charge in [0.05, 0.1) is 6.04 Å². The Bertz CT molecular complexity index is 618. The van der Waals surface area contributed by atoms with Gasteiger partial charge in [-0.25, -0.2) is 4.79 Å². The minimum Gasteiger partial charge on any atom is -0.352 e. The number of rotatable bonds is 7.